The zero-order valence-corrected chi connectivity index (χ0v) is 9.82. The molecule has 0 atom stereocenters. The lowest BCUT2D eigenvalue weighted by Crippen LogP contribution is -2.19. The minimum Gasteiger partial charge on any atom is -0.353 e. The van der Waals surface area contributed by atoms with E-state index < -0.39 is 0 Å². The number of hydrogen-bond donors (Lipinski definition) is 1. The number of amides is 1. The van der Waals surface area contributed by atoms with Gasteiger partial charge in [0.25, 0.3) is 0 Å². The van der Waals surface area contributed by atoms with Gasteiger partial charge in [0.1, 0.15) is 0 Å². The van der Waals surface area contributed by atoms with Crippen LogP contribution in [0.3, 0.4) is 0 Å². The lowest BCUT2D eigenvalue weighted by atomic mass is 10.0. The summed E-state index contributed by atoms with van der Waals surface area (Å²) in [7, 11) is 0. The first-order valence-corrected chi connectivity index (χ1v) is 5.74. The molecule has 17 heavy (non-hydrogen) atoms. The van der Waals surface area contributed by atoms with Gasteiger partial charge in [0.05, 0.1) is 0 Å². The maximum atomic E-state index is 11.6. The minimum atomic E-state index is -0.0388. The smallest absolute Gasteiger partial charge is 0.217 e. The summed E-state index contributed by atoms with van der Waals surface area (Å²) in [6.45, 7) is 2.01. The van der Waals surface area contributed by atoms with E-state index in [1.165, 1.54) is 6.92 Å². The normalized spacial score (nSPS) is 14.1. The fourth-order valence-corrected chi connectivity index (χ4v) is 2.06. The standard InChI is InChI=1S/C14H15NO2/c1-10(16)15-9-3-5-11-4-2-6-13-12(11)7-8-14(13)17/h2-6H,7-9H2,1H3,(H,15,16). The van der Waals surface area contributed by atoms with Crippen LogP contribution in [0.5, 0.6) is 0 Å². The summed E-state index contributed by atoms with van der Waals surface area (Å²) < 4.78 is 0. The van der Waals surface area contributed by atoms with Crippen molar-refractivity contribution < 1.29 is 9.59 Å². The van der Waals surface area contributed by atoms with E-state index in [0.717, 1.165) is 23.1 Å². The van der Waals surface area contributed by atoms with Crippen LogP contribution in [0.2, 0.25) is 0 Å². The summed E-state index contributed by atoms with van der Waals surface area (Å²) in [4.78, 5) is 22.3. The molecule has 1 N–H and O–H groups in total. The van der Waals surface area contributed by atoms with Crippen LogP contribution in [0.4, 0.5) is 0 Å². The lowest BCUT2D eigenvalue weighted by Gasteiger charge is -2.02. The second-order valence-electron chi connectivity index (χ2n) is 4.14. The van der Waals surface area contributed by atoms with Crippen LogP contribution in [0.1, 0.15) is 34.8 Å². The molecule has 0 bridgehead atoms. The topological polar surface area (TPSA) is 46.2 Å². The Balaban J connectivity index is 2.12. The summed E-state index contributed by atoms with van der Waals surface area (Å²) in [5, 5.41) is 2.70. The maximum absolute atomic E-state index is 11.6. The molecule has 3 heteroatoms. The average molecular weight is 229 g/mol. The molecule has 1 aliphatic carbocycles. The summed E-state index contributed by atoms with van der Waals surface area (Å²) in [6, 6.07) is 5.79. The van der Waals surface area contributed by atoms with E-state index in [0.29, 0.717) is 13.0 Å². The van der Waals surface area contributed by atoms with Crippen LogP contribution >= 0.6 is 0 Å². The largest absolute Gasteiger partial charge is 0.353 e. The maximum Gasteiger partial charge on any atom is 0.217 e. The molecular weight excluding hydrogens is 214 g/mol. The number of Topliss-reactive ketones (excluding diaryl/α,β-unsaturated/α-hetero) is 1. The Labute approximate surface area is 101 Å². The minimum absolute atomic E-state index is 0.0388. The molecule has 0 heterocycles. The Morgan fingerprint density at radius 1 is 1.41 bits per heavy atom. The highest BCUT2D eigenvalue weighted by molar-refractivity contribution is 6.01. The molecule has 1 amide bonds. The second kappa shape index (κ2) is 4.95. The number of rotatable bonds is 3. The Bertz CT molecular complexity index is 489. The first-order chi connectivity index (χ1) is 8.18. The molecule has 0 spiro atoms. The van der Waals surface area contributed by atoms with Gasteiger partial charge < -0.3 is 5.32 Å². The Hall–Kier alpha value is -1.90. The van der Waals surface area contributed by atoms with E-state index in [1.54, 1.807) is 0 Å². The molecule has 1 aromatic rings. The van der Waals surface area contributed by atoms with Gasteiger partial charge in [-0.25, -0.2) is 0 Å². The van der Waals surface area contributed by atoms with Gasteiger partial charge in [-0.2, -0.15) is 0 Å². The summed E-state index contributed by atoms with van der Waals surface area (Å²) in [5.74, 6) is 0.195. The predicted octanol–water partition coefficient (Wildman–Crippen LogP) is 1.96. The predicted molar refractivity (Wildman–Crippen MR) is 66.8 cm³/mol. The third-order valence-electron chi connectivity index (χ3n) is 2.88. The average Bonchev–Trinajstić information content (AvgIpc) is 2.67. The molecule has 0 saturated heterocycles. The lowest BCUT2D eigenvalue weighted by molar-refractivity contribution is -0.118. The van der Waals surface area contributed by atoms with Crippen LogP contribution < -0.4 is 5.32 Å². The van der Waals surface area contributed by atoms with Crippen molar-refractivity contribution in [2.45, 2.75) is 19.8 Å². The van der Waals surface area contributed by atoms with Gasteiger partial charge in [-0.1, -0.05) is 30.4 Å². The van der Waals surface area contributed by atoms with Crippen LogP contribution in [-0.2, 0) is 11.2 Å². The molecule has 0 aliphatic heterocycles. The second-order valence-corrected chi connectivity index (χ2v) is 4.14. The molecule has 3 nitrogen and oxygen atoms in total. The summed E-state index contributed by atoms with van der Waals surface area (Å²) >= 11 is 0. The van der Waals surface area contributed by atoms with E-state index >= 15 is 0 Å². The van der Waals surface area contributed by atoms with Crippen LogP contribution in [-0.4, -0.2) is 18.2 Å². The first-order valence-electron chi connectivity index (χ1n) is 5.74. The Kier molecular flexibility index (Phi) is 3.38. The number of nitrogens with one attached hydrogen (secondary N) is 1. The first kappa shape index (κ1) is 11.6. The number of hydrogen-bond acceptors (Lipinski definition) is 2. The molecule has 0 radical (unpaired) electrons. The summed E-state index contributed by atoms with van der Waals surface area (Å²) in [6.07, 6.45) is 5.31. The molecule has 0 fully saturated rings. The van der Waals surface area contributed by atoms with Gasteiger partial charge in [0, 0.05) is 25.5 Å². The van der Waals surface area contributed by atoms with Crippen molar-refractivity contribution in [3.63, 3.8) is 0 Å². The molecule has 88 valence electrons. The molecule has 1 aliphatic rings. The highest BCUT2D eigenvalue weighted by Gasteiger charge is 2.20. The van der Waals surface area contributed by atoms with E-state index in [4.69, 9.17) is 0 Å². The number of carbonyl (C=O) groups is 2. The van der Waals surface area contributed by atoms with Crippen molar-refractivity contribution in [1.82, 2.24) is 5.32 Å². The molecule has 0 aromatic heterocycles. The fraction of sp³-hybridized carbons (Fsp3) is 0.286. The third-order valence-corrected chi connectivity index (χ3v) is 2.88. The van der Waals surface area contributed by atoms with Gasteiger partial charge in [0.2, 0.25) is 5.91 Å². The van der Waals surface area contributed by atoms with Crippen molar-refractivity contribution in [1.29, 1.82) is 0 Å². The van der Waals surface area contributed by atoms with Crippen LogP contribution in [0.25, 0.3) is 6.08 Å². The SMILES string of the molecule is CC(=O)NCC=Cc1cccc2c1CCC2=O. The molecule has 0 unspecified atom stereocenters. The monoisotopic (exact) mass is 229 g/mol. The number of carbonyl (C=O) groups excluding carboxylic acids is 2. The quantitative estimate of drug-likeness (QED) is 0.861. The highest BCUT2D eigenvalue weighted by Crippen LogP contribution is 2.25. The van der Waals surface area contributed by atoms with E-state index in [1.807, 2.05) is 30.4 Å². The fourth-order valence-electron chi connectivity index (χ4n) is 2.06. The van der Waals surface area contributed by atoms with Crippen molar-refractivity contribution in [2.24, 2.45) is 0 Å². The third kappa shape index (κ3) is 2.61. The molecule has 0 saturated carbocycles. The van der Waals surface area contributed by atoms with Gasteiger partial charge in [-0.15, -0.1) is 0 Å². The van der Waals surface area contributed by atoms with E-state index in [9.17, 15) is 9.59 Å². The Morgan fingerprint density at radius 2 is 2.24 bits per heavy atom. The zero-order chi connectivity index (χ0) is 12.3. The van der Waals surface area contributed by atoms with E-state index in [-0.39, 0.29) is 11.7 Å². The molecule has 2 rings (SSSR count). The van der Waals surface area contributed by atoms with Gasteiger partial charge in [0.15, 0.2) is 5.78 Å². The molecular formula is C14H15NO2. The van der Waals surface area contributed by atoms with Gasteiger partial charge in [-0.05, 0) is 17.5 Å². The van der Waals surface area contributed by atoms with Crippen LogP contribution in [0.15, 0.2) is 24.3 Å². The Morgan fingerprint density at radius 3 is 3.00 bits per heavy atom. The highest BCUT2D eigenvalue weighted by atomic mass is 16.1. The number of benzene rings is 1. The van der Waals surface area contributed by atoms with Crippen LogP contribution in [0, 0.1) is 0 Å². The summed E-state index contributed by atoms with van der Waals surface area (Å²) in [5.41, 5.74) is 3.07. The van der Waals surface area contributed by atoms with E-state index in [2.05, 4.69) is 5.32 Å². The van der Waals surface area contributed by atoms with Crippen molar-refractivity contribution in [2.75, 3.05) is 6.54 Å². The van der Waals surface area contributed by atoms with Gasteiger partial charge in [-0.3, -0.25) is 9.59 Å². The number of ketones is 1. The van der Waals surface area contributed by atoms with Gasteiger partial charge >= 0.3 is 0 Å². The van der Waals surface area contributed by atoms with Crippen molar-refractivity contribution in [3.8, 4) is 0 Å². The number of fused-ring (bicyclic) bond motifs is 1. The van der Waals surface area contributed by atoms with Crippen molar-refractivity contribution >= 4 is 17.8 Å². The van der Waals surface area contributed by atoms with Crippen molar-refractivity contribution in [3.05, 3.63) is 41.0 Å². The molecule has 1 aromatic carbocycles. The zero-order valence-electron chi connectivity index (χ0n) is 9.82.